The molecule has 1 unspecified atom stereocenters. The van der Waals surface area contributed by atoms with Crippen LogP contribution in [0.1, 0.15) is 53.1 Å². The van der Waals surface area contributed by atoms with Gasteiger partial charge in [-0.1, -0.05) is 6.07 Å². The molecule has 2 aliphatic carbocycles. The smallest absolute Gasteiger partial charge is 0.248 e. The van der Waals surface area contributed by atoms with E-state index in [4.69, 9.17) is 5.26 Å². The van der Waals surface area contributed by atoms with Crippen molar-refractivity contribution < 1.29 is 21.2 Å². The third-order valence-electron chi connectivity index (χ3n) is 6.01. The molecule has 1 aromatic carbocycles. The molecule has 3 aliphatic rings. The summed E-state index contributed by atoms with van der Waals surface area (Å²) in [5.74, 6) is -1.51. The molecule has 7 heteroatoms. The largest absolute Gasteiger partial charge is 0.349 e. The Morgan fingerprint density at radius 1 is 1.35 bits per heavy atom. The lowest BCUT2D eigenvalue weighted by atomic mass is 9.80. The van der Waals surface area contributed by atoms with Gasteiger partial charge in [-0.05, 0) is 67.5 Å². The number of allylic oxidation sites excluding steroid dienone is 2. The molecular formula is C24H26F2N3O2. The standard InChI is InChI=1S/C24H22F2N3O2.2H2/c1-12-17(10-21(30)28-13(2)16-6-3-14(11-27)9-19(16)26)24(31)29-20-8-7-18(25)23(22(12)20)15-4-5-15;;/h3,6-9,13,15,20H,4-5,10H2,1-2H3,(H,28,30)(H,29,31);2*1H/t13-,20?;;/m0../s1. The Morgan fingerprint density at radius 2 is 2.10 bits per heavy atom. The fourth-order valence-corrected chi connectivity index (χ4v) is 4.26. The molecule has 2 N–H and O–H groups in total. The third-order valence-corrected chi connectivity index (χ3v) is 6.01. The lowest BCUT2D eigenvalue weighted by Gasteiger charge is -2.33. The van der Waals surface area contributed by atoms with E-state index in [1.807, 2.05) is 6.07 Å². The van der Waals surface area contributed by atoms with Gasteiger partial charge in [0.05, 0.1) is 30.1 Å². The quantitative estimate of drug-likeness (QED) is 0.734. The van der Waals surface area contributed by atoms with E-state index in [0.717, 1.165) is 24.5 Å². The second-order valence-corrected chi connectivity index (χ2v) is 8.18. The van der Waals surface area contributed by atoms with Crippen LogP contribution in [0.25, 0.3) is 0 Å². The van der Waals surface area contributed by atoms with E-state index in [9.17, 15) is 18.4 Å². The first-order valence-electron chi connectivity index (χ1n) is 10.2. The van der Waals surface area contributed by atoms with Gasteiger partial charge in [0.2, 0.25) is 11.8 Å². The fourth-order valence-electron chi connectivity index (χ4n) is 4.26. The number of nitrogens with zero attached hydrogens (tertiary/aromatic N) is 1. The van der Waals surface area contributed by atoms with Gasteiger partial charge in [-0.25, -0.2) is 8.78 Å². The molecule has 0 saturated heterocycles. The fraction of sp³-hybridized carbons (Fsp3) is 0.333. The summed E-state index contributed by atoms with van der Waals surface area (Å²) in [4.78, 5) is 25.3. The first kappa shape index (κ1) is 21.0. The van der Waals surface area contributed by atoms with Crippen LogP contribution in [0.5, 0.6) is 0 Å². The molecule has 2 amide bonds. The predicted octanol–water partition coefficient (Wildman–Crippen LogP) is 4.35. The number of carbonyl (C=O) groups is 2. The van der Waals surface area contributed by atoms with E-state index in [-0.39, 0.29) is 49.7 Å². The Kier molecular flexibility index (Phi) is 5.48. The van der Waals surface area contributed by atoms with Crippen molar-refractivity contribution in [2.24, 2.45) is 5.92 Å². The van der Waals surface area contributed by atoms with Crippen LogP contribution in [-0.4, -0.2) is 17.9 Å². The van der Waals surface area contributed by atoms with E-state index in [2.05, 4.69) is 10.6 Å². The number of benzene rings is 1. The summed E-state index contributed by atoms with van der Waals surface area (Å²) >= 11 is 0. The molecule has 5 nitrogen and oxygen atoms in total. The van der Waals surface area contributed by atoms with Gasteiger partial charge in [-0.2, -0.15) is 5.26 Å². The normalized spacial score (nSPS) is 21.7. The van der Waals surface area contributed by atoms with Gasteiger partial charge in [0.1, 0.15) is 11.6 Å². The zero-order valence-electron chi connectivity index (χ0n) is 17.3. The summed E-state index contributed by atoms with van der Waals surface area (Å²) in [6.45, 7) is 3.38. The number of hydrogen-bond acceptors (Lipinski definition) is 3. The first-order valence-corrected chi connectivity index (χ1v) is 10.2. The van der Waals surface area contributed by atoms with Crippen LogP contribution in [0.15, 0.2) is 52.4 Å². The minimum Gasteiger partial charge on any atom is -0.349 e. The summed E-state index contributed by atoms with van der Waals surface area (Å²) in [6, 6.07) is 4.89. The van der Waals surface area contributed by atoms with Gasteiger partial charge >= 0.3 is 0 Å². The number of fused-ring (bicyclic) bond motifs is 1. The summed E-state index contributed by atoms with van der Waals surface area (Å²) in [7, 11) is 0. The molecular weight excluding hydrogens is 400 g/mol. The number of hydrogen-bond donors (Lipinski definition) is 2. The molecule has 163 valence electrons. The van der Waals surface area contributed by atoms with E-state index in [1.165, 1.54) is 18.2 Å². The van der Waals surface area contributed by atoms with Crippen molar-refractivity contribution in [1.82, 2.24) is 10.6 Å². The van der Waals surface area contributed by atoms with E-state index in [0.29, 0.717) is 11.1 Å². The molecule has 1 heterocycles. The summed E-state index contributed by atoms with van der Waals surface area (Å²) in [6.07, 6.45) is 4.67. The molecule has 31 heavy (non-hydrogen) atoms. The average molecular weight is 426 g/mol. The Bertz CT molecular complexity index is 1120. The van der Waals surface area contributed by atoms with E-state index >= 15 is 0 Å². The third kappa shape index (κ3) is 4.02. The van der Waals surface area contributed by atoms with E-state index < -0.39 is 17.8 Å². The minimum absolute atomic E-state index is 0. The van der Waals surface area contributed by atoms with Crippen LogP contribution in [0.4, 0.5) is 8.78 Å². The molecule has 1 fully saturated rings. The van der Waals surface area contributed by atoms with Gasteiger partial charge in [-0.3, -0.25) is 9.59 Å². The van der Waals surface area contributed by atoms with Gasteiger partial charge < -0.3 is 10.6 Å². The van der Waals surface area contributed by atoms with Crippen molar-refractivity contribution in [1.29, 1.82) is 5.26 Å². The highest BCUT2D eigenvalue weighted by Crippen LogP contribution is 2.47. The van der Waals surface area contributed by atoms with Crippen LogP contribution in [0, 0.1) is 29.5 Å². The number of carbonyl (C=O) groups excluding carboxylic acids is 2. The van der Waals surface area contributed by atoms with Crippen LogP contribution in [0.2, 0.25) is 0 Å². The number of nitriles is 1. The van der Waals surface area contributed by atoms with Gasteiger partial charge in [-0.15, -0.1) is 0 Å². The number of nitrogens with one attached hydrogen (secondary N) is 2. The van der Waals surface area contributed by atoms with Crippen molar-refractivity contribution in [2.45, 2.75) is 45.2 Å². The maximum atomic E-state index is 14.5. The topological polar surface area (TPSA) is 82.0 Å². The van der Waals surface area contributed by atoms with Gasteiger partial charge in [0.15, 0.2) is 0 Å². The molecule has 0 bridgehead atoms. The maximum absolute atomic E-state index is 14.5. The summed E-state index contributed by atoms with van der Waals surface area (Å²) in [5, 5.41) is 14.4. The lowest BCUT2D eigenvalue weighted by molar-refractivity contribution is -0.124. The monoisotopic (exact) mass is 426 g/mol. The van der Waals surface area contributed by atoms with Crippen LogP contribution < -0.4 is 10.6 Å². The molecule has 1 radical (unpaired) electrons. The maximum Gasteiger partial charge on any atom is 0.248 e. The summed E-state index contributed by atoms with van der Waals surface area (Å²) in [5.41, 5.74) is 2.74. The van der Waals surface area contributed by atoms with Crippen molar-refractivity contribution in [3.63, 3.8) is 0 Å². The van der Waals surface area contributed by atoms with Gasteiger partial charge in [0.25, 0.3) is 0 Å². The zero-order chi connectivity index (χ0) is 22.3. The predicted molar refractivity (Wildman–Crippen MR) is 114 cm³/mol. The van der Waals surface area contributed by atoms with Crippen LogP contribution >= 0.6 is 0 Å². The highest BCUT2D eigenvalue weighted by Gasteiger charge is 2.40. The second kappa shape index (κ2) is 8.10. The van der Waals surface area contributed by atoms with Crippen molar-refractivity contribution in [2.75, 3.05) is 0 Å². The van der Waals surface area contributed by atoms with Crippen molar-refractivity contribution in [3.05, 3.63) is 75.8 Å². The molecule has 1 aromatic rings. The highest BCUT2D eigenvalue weighted by molar-refractivity contribution is 6.02. The summed E-state index contributed by atoms with van der Waals surface area (Å²) < 4.78 is 28.8. The molecule has 0 spiro atoms. The molecule has 1 saturated carbocycles. The molecule has 4 rings (SSSR count). The SMILES string of the molecule is CC1=C(CC(=O)N[C@@H](C)c2ccc(C#N)cc2F)C(=O)NC2[CH]C=C(F)C(C3CC3)=C12.[HH].[HH]. The van der Waals surface area contributed by atoms with Crippen molar-refractivity contribution >= 4 is 11.8 Å². The number of rotatable bonds is 5. The minimum atomic E-state index is -0.648. The van der Waals surface area contributed by atoms with E-state index in [1.54, 1.807) is 20.3 Å². The molecule has 1 aliphatic heterocycles. The first-order chi connectivity index (χ1) is 14.8. The van der Waals surface area contributed by atoms with Crippen LogP contribution in [-0.2, 0) is 9.59 Å². The zero-order valence-corrected chi connectivity index (χ0v) is 17.3. The Morgan fingerprint density at radius 3 is 2.74 bits per heavy atom. The molecule has 0 aromatic heterocycles. The second-order valence-electron chi connectivity index (χ2n) is 8.18. The van der Waals surface area contributed by atoms with Crippen molar-refractivity contribution in [3.8, 4) is 6.07 Å². The number of halogens is 2. The van der Waals surface area contributed by atoms with Gasteiger partial charge in [0, 0.05) is 20.4 Å². The highest BCUT2D eigenvalue weighted by atomic mass is 19.1. The number of amides is 2. The Hall–Kier alpha value is -3.27. The Balaban J connectivity index is 0.00000193. The van der Waals surface area contributed by atoms with Crippen LogP contribution in [0.3, 0.4) is 0 Å². The average Bonchev–Trinajstić information content (AvgIpc) is 3.56. The lowest BCUT2D eigenvalue weighted by Crippen LogP contribution is -2.44. The molecule has 2 atom stereocenters. The Labute approximate surface area is 182 Å².